The minimum atomic E-state index is -1.34. The highest BCUT2D eigenvalue weighted by atomic mass is 35.5. The number of hydrogen-bond acceptors (Lipinski definition) is 2. The average molecular weight is 589 g/mol. The first kappa shape index (κ1) is 27.0. The molecule has 0 bridgehead atoms. The third-order valence-corrected chi connectivity index (χ3v) is 7.58. The molecule has 4 rings (SSSR count). The summed E-state index contributed by atoms with van der Waals surface area (Å²) in [6, 6.07) is 15.1. The van der Waals surface area contributed by atoms with Crippen molar-refractivity contribution in [2.45, 2.75) is 23.6 Å². The highest BCUT2D eigenvalue weighted by Gasteiger charge is 2.67. The van der Waals surface area contributed by atoms with Gasteiger partial charge in [-0.1, -0.05) is 41.7 Å². The van der Waals surface area contributed by atoms with E-state index in [0.29, 0.717) is 39.9 Å². The number of nitrogens with one attached hydrogen (secondary N) is 1. The van der Waals surface area contributed by atoms with Crippen LogP contribution in [-0.4, -0.2) is 22.7 Å². The molecule has 0 saturated heterocycles. The van der Waals surface area contributed by atoms with Crippen LogP contribution in [0.3, 0.4) is 0 Å². The Labute approximate surface area is 233 Å². The summed E-state index contributed by atoms with van der Waals surface area (Å²) in [5, 5.41) is 3.80. The fraction of sp³-hybridized carbons (Fsp3) is 0.231. The van der Waals surface area contributed by atoms with Gasteiger partial charge in [-0.25, -0.2) is 4.39 Å². The van der Waals surface area contributed by atoms with Crippen LogP contribution in [0.15, 0.2) is 60.7 Å². The van der Waals surface area contributed by atoms with Gasteiger partial charge >= 0.3 is 0 Å². The zero-order valence-corrected chi connectivity index (χ0v) is 22.7. The molecule has 0 aromatic heterocycles. The zero-order chi connectivity index (χ0) is 26.2. The molecule has 0 radical (unpaired) electrons. The molecular weight excluding hydrogens is 569 g/mol. The van der Waals surface area contributed by atoms with Crippen LogP contribution in [0.1, 0.15) is 35.2 Å². The molecule has 1 aliphatic rings. The van der Waals surface area contributed by atoms with Crippen LogP contribution >= 0.6 is 58.0 Å². The van der Waals surface area contributed by atoms with Crippen molar-refractivity contribution in [3.05, 3.63) is 92.7 Å². The lowest BCUT2D eigenvalue weighted by Gasteiger charge is -2.23. The van der Waals surface area contributed by atoms with Crippen LogP contribution in [0.4, 0.5) is 15.8 Å². The minimum Gasteiger partial charge on any atom is -0.326 e. The maximum absolute atomic E-state index is 13.4. The number of carbonyl (C=O) groups is 2. The van der Waals surface area contributed by atoms with Gasteiger partial charge in [0, 0.05) is 33.9 Å². The number of carbonyl (C=O) groups excluding carboxylic acids is 2. The summed E-state index contributed by atoms with van der Waals surface area (Å²) in [5.74, 6) is -2.49. The Kier molecular flexibility index (Phi) is 8.08. The summed E-state index contributed by atoms with van der Waals surface area (Å²) < 4.78 is 12.1. The molecule has 0 spiro atoms. The fourth-order valence-electron chi connectivity index (χ4n) is 4.15. The second-order valence-corrected chi connectivity index (χ2v) is 11.2. The van der Waals surface area contributed by atoms with Crippen LogP contribution in [0.2, 0.25) is 15.1 Å². The van der Waals surface area contributed by atoms with E-state index in [-0.39, 0.29) is 16.5 Å². The highest BCUT2D eigenvalue weighted by Crippen LogP contribution is 2.65. The summed E-state index contributed by atoms with van der Waals surface area (Å²) in [7, 11) is 0. The number of anilines is 2. The molecular formula is C26H20Cl5FN2O2. The van der Waals surface area contributed by atoms with E-state index in [1.54, 1.807) is 24.3 Å². The first-order valence-corrected chi connectivity index (χ1v) is 12.9. The molecule has 3 aromatic rings. The highest BCUT2D eigenvalue weighted by molar-refractivity contribution is 6.53. The maximum atomic E-state index is 13.4. The van der Waals surface area contributed by atoms with Gasteiger partial charge in [0.25, 0.3) is 5.91 Å². The predicted molar refractivity (Wildman–Crippen MR) is 146 cm³/mol. The molecule has 0 aliphatic heterocycles. The summed E-state index contributed by atoms with van der Waals surface area (Å²) in [5.41, 5.74) is 1.72. The number of alkyl halides is 2. The van der Waals surface area contributed by atoms with Crippen LogP contribution in [-0.2, 0) is 4.79 Å². The van der Waals surface area contributed by atoms with Crippen LogP contribution in [0.25, 0.3) is 0 Å². The summed E-state index contributed by atoms with van der Waals surface area (Å²) >= 11 is 31.4. The van der Waals surface area contributed by atoms with Crippen molar-refractivity contribution in [2.75, 3.05) is 16.8 Å². The molecule has 3 aromatic carbocycles. The Morgan fingerprint density at radius 3 is 2.22 bits per heavy atom. The molecule has 10 heteroatoms. The van der Waals surface area contributed by atoms with E-state index in [0.717, 1.165) is 0 Å². The van der Waals surface area contributed by atoms with Crippen molar-refractivity contribution in [3.63, 3.8) is 0 Å². The largest absolute Gasteiger partial charge is 0.326 e. The van der Waals surface area contributed by atoms with E-state index in [9.17, 15) is 14.0 Å². The molecule has 36 heavy (non-hydrogen) atoms. The van der Waals surface area contributed by atoms with Crippen LogP contribution in [0, 0.1) is 11.7 Å². The molecule has 0 unspecified atom stereocenters. The van der Waals surface area contributed by atoms with Gasteiger partial charge in [-0.2, -0.15) is 0 Å². The van der Waals surface area contributed by atoms with E-state index < -0.39 is 27.9 Å². The second-order valence-electron chi connectivity index (χ2n) is 8.45. The Balaban J connectivity index is 1.56. The summed E-state index contributed by atoms with van der Waals surface area (Å²) in [6.45, 7) is 2.32. The normalized spacial score (nSPS) is 18.0. The van der Waals surface area contributed by atoms with Gasteiger partial charge in [0.2, 0.25) is 5.91 Å². The van der Waals surface area contributed by atoms with Crippen molar-refractivity contribution in [1.29, 1.82) is 0 Å². The molecule has 188 valence electrons. The molecule has 1 saturated carbocycles. The molecule has 1 aliphatic carbocycles. The summed E-state index contributed by atoms with van der Waals surface area (Å²) in [4.78, 5) is 28.0. The fourth-order valence-corrected chi connectivity index (χ4v) is 5.72. The van der Waals surface area contributed by atoms with Crippen molar-refractivity contribution in [2.24, 2.45) is 5.92 Å². The first-order chi connectivity index (χ1) is 17.0. The van der Waals surface area contributed by atoms with Crippen molar-refractivity contribution >= 4 is 81.2 Å². The van der Waals surface area contributed by atoms with Gasteiger partial charge in [0.1, 0.15) is 10.2 Å². The second kappa shape index (κ2) is 10.8. The Morgan fingerprint density at radius 2 is 1.61 bits per heavy atom. The number of hydrogen-bond donors (Lipinski definition) is 1. The number of rotatable bonds is 7. The third kappa shape index (κ3) is 5.61. The number of halogens is 6. The third-order valence-electron chi connectivity index (χ3n) is 5.87. The topological polar surface area (TPSA) is 49.4 Å². The molecule has 4 nitrogen and oxygen atoms in total. The molecule has 2 amide bonds. The Bertz CT molecular complexity index is 1300. The monoisotopic (exact) mass is 586 g/mol. The maximum Gasteiger partial charge on any atom is 0.259 e. The van der Waals surface area contributed by atoms with E-state index in [1.165, 1.54) is 41.3 Å². The lowest BCUT2D eigenvalue weighted by molar-refractivity contribution is -0.117. The van der Waals surface area contributed by atoms with Gasteiger partial charge < -0.3 is 10.2 Å². The zero-order valence-electron chi connectivity index (χ0n) is 18.9. The number of nitrogens with zero attached hydrogens (tertiary/aromatic N) is 1. The van der Waals surface area contributed by atoms with E-state index in [4.69, 9.17) is 58.0 Å². The van der Waals surface area contributed by atoms with Crippen molar-refractivity contribution in [1.82, 2.24) is 0 Å². The van der Waals surface area contributed by atoms with Gasteiger partial charge in [-0.05, 0) is 72.6 Å². The molecule has 0 heterocycles. The average Bonchev–Trinajstić information content (AvgIpc) is 3.40. The number of benzene rings is 3. The minimum absolute atomic E-state index is 0.184. The lowest BCUT2D eigenvalue weighted by atomic mass is 10.1. The Hall–Kier alpha value is -2.02. The standard InChI is InChI=1S/C26H20Cl5FN2O2/c1-2-9-34(19-6-3-17(32)4-7-19)25(36)20-13-18(5-8-21(20)29)33-24(35)23-22(26(23,30)31)14-10-15(27)12-16(28)11-14/h3-8,10-13,22-23H,2,9H2,1H3,(H,33,35)/t22-,23+/m1/s1. The van der Waals surface area contributed by atoms with Gasteiger partial charge in [-0.3, -0.25) is 9.59 Å². The molecule has 1 N–H and O–H groups in total. The SMILES string of the molecule is CCCN(C(=O)c1cc(NC(=O)[C@@H]2[C@@H](c3cc(Cl)cc(Cl)c3)C2(Cl)Cl)ccc1Cl)c1ccc(F)cc1. The van der Waals surface area contributed by atoms with Gasteiger partial charge in [0.15, 0.2) is 0 Å². The van der Waals surface area contributed by atoms with Gasteiger partial charge in [0.05, 0.1) is 16.5 Å². The van der Waals surface area contributed by atoms with Crippen molar-refractivity contribution in [3.8, 4) is 0 Å². The van der Waals surface area contributed by atoms with Crippen molar-refractivity contribution < 1.29 is 14.0 Å². The quantitative estimate of drug-likeness (QED) is 0.282. The van der Waals surface area contributed by atoms with E-state index in [2.05, 4.69) is 5.32 Å². The van der Waals surface area contributed by atoms with Gasteiger partial charge in [-0.15, -0.1) is 23.2 Å². The predicted octanol–water partition coefficient (Wildman–Crippen LogP) is 8.37. The summed E-state index contributed by atoms with van der Waals surface area (Å²) in [6.07, 6.45) is 0.668. The molecule has 2 atom stereocenters. The lowest BCUT2D eigenvalue weighted by Crippen LogP contribution is -2.32. The van der Waals surface area contributed by atoms with Crippen LogP contribution in [0.5, 0.6) is 0 Å². The van der Waals surface area contributed by atoms with E-state index >= 15 is 0 Å². The Morgan fingerprint density at radius 1 is 0.972 bits per heavy atom. The molecule has 1 fully saturated rings. The van der Waals surface area contributed by atoms with E-state index in [1.807, 2.05) is 6.92 Å². The smallest absolute Gasteiger partial charge is 0.259 e. The first-order valence-electron chi connectivity index (χ1n) is 11.0. The number of amides is 2. The van der Waals surface area contributed by atoms with Crippen LogP contribution < -0.4 is 10.2 Å².